The lowest BCUT2D eigenvalue weighted by Crippen LogP contribution is -2.61. The number of rotatable bonds is 23. The largest absolute Gasteiger partial charge is 0.461 e. The van der Waals surface area contributed by atoms with Crippen LogP contribution in [0.25, 0.3) is 43.8 Å². The summed E-state index contributed by atoms with van der Waals surface area (Å²) in [6.07, 6.45) is 20.0. The number of aliphatic hydroxyl groups is 2. The lowest BCUT2D eigenvalue weighted by Gasteiger charge is -2.43. The minimum atomic E-state index is -2.49. The molecule has 135 heavy (non-hydrogen) atoms. The number of cyclic esters (lactones) is 1. The third-order valence-electron chi connectivity index (χ3n) is 28.0. The fourth-order valence-electron chi connectivity index (χ4n) is 19.9. The number of methoxy groups -OCH3 is 3. The minimum absolute atomic E-state index is 0.00445. The van der Waals surface area contributed by atoms with E-state index in [0.29, 0.717) is 206 Å². The lowest BCUT2D eigenvalue weighted by molar-refractivity contribution is -0.265. The average Bonchev–Trinajstić information content (AvgIpc) is 1.58. The Kier molecular flexibility index (Phi) is 33.8. The summed E-state index contributed by atoms with van der Waals surface area (Å²) in [6, 6.07) is 9.82. The number of benzene rings is 2. The number of aryl methyl sites for hydroxylation is 1. The first-order valence-electron chi connectivity index (χ1n) is 47.5. The molecule has 1 saturated carbocycles. The van der Waals surface area contributed by atoms with Crippen LogP contribution in [0.1, 0.15) is 171 Å². The first kappa shape index (κ1) is 99.4. The van der Waals surface area contributed by atoms with Gasteiger partial charge in [-0.15, -0.1) is 0 Å². The molecule has 11 heterocycles. The van der Waals surface area contributed by atoms with Crippen LogP contribution in [-0.4, -0.2) is 283 Å². The number of nitrogens with two attached hydrogens (primary N) is 2. The number of piperazine rings is 2. The summed E-state index contributed by atoms with van der Waals surface area (Å²) in [4.78, 5) is 146. The van der Waals surface area contributed by atoms with Crippen LogP contribution in [0.4, 0.5) is 23.7 Å². The second-order valence-corrected chi connectivity index (χ2v) is 37.5. The van der Waals surface area contributed by atoms with E-state index >= 15 is 4.79 Å². The van der Waals surface area contributed by atoms with Gasteiger partial charge in [0.15, 0.2) is 17.0 Å². The zero-order chi connectivity index (χ0) is 95.7. The van der Waals surface area contributed by atoms with Crippen molar-refractivity contribution in [2.45, 2.75) is 225 Å². The number of nitrogen functional groups attached to an aromatic ring is 2. The number of allylic oxidation sites excluding steroid dienone is 5. The van der Waals surface area contributed by atoms with Crippen LogP contribution in [0, 0.1) is 35.5 Å². The number of carbonyl (C=O) groups excluding carboxylic acids is 7. The molecule has 14 rings (SSSR count). The molecule has 5 aromatic heterocycles. The number of ketones is 2. The van der Waals surface area contributed by atoms with E-state index < -0.39 is 108 Å². The molecule has 3 amide bonds. The number of aliphatic hydroxyl groups excluding tert-OH is 1. The normalized spacial score (nSPS) is 28.0. The molecule has 4 saturated heterocycles. The molecule has 6 aliphatic heterocycles. The predicted octanol–water partition coefficient (Wildman–Crippen LogP) is 10.3. The van der Waals surface area contributed by atoms with Gasteiger partial charge < -0.3 is 83.8 Å². The Labute approximate surface area is 786 Å². The number of piperidine rings is 1. The van der Waals surface area contributed by atoms with Gasteiger partial charge in [0.2, 0.25) is 23.6 Å². The van der Waals surface area contributed by atoms with Crippen molar-refractivity contribution in [3.8, 4) is 11.3 Å². The second kappa shape index (κ2) is 45.9. The third-order valence-corrected chi connectivity index (χ3v) is 28.0. The first-order valence-corrected chi connectivity index (χ1v) is 47.5. The molecule has 7 aliphatic rings. The van der Waals surface area contributed by atoms with Gasteiger partial charge in [-0.3, -0.25) is 33.7 Å². The van der Waals surface area contributed by atoms with E-state index in [1.165, 1.54) is 18.3 Å². The van der Waals surface area contributed by atoms with Crippen molar-refractivity contribution >= 4 is 87.1 Å². The Hall–Kier alpha value is -11.5. The number of carbonyl (C=O) groups is 7. The summed E-state index contributed by atoms with van der Waals surface area (Å²) in [7, 11) is 4.53. The van der Waals surface area contributed by atoms with Crippen LogP contribution in [0.2, 0.25) is 0 Å². The van der Waals surface area contributed by atoms with Gasteiger partial charge in [-0.05, 0) is 178 Å². The van der Waals surface area contributed by atoms with Crippen LogP contribution in [-0.2, 0) is 87.9 Å². The predicted molar refractivity (Wildman–Crippen MR) is 503 cm³/mol. The quantitative estimate of drug-likeness (QED) is 0.00879. The van der Waals surface area contributed by atoms with Gasteiger partial charge in [0.25, 0.3) is 23.6 Å². The number of Topliss-reactive ketones (excluding diaryl/α,β-unsaturated/α-hetero) is 2. The van der Waals surface area contributed by atoms with Crippen molar-refractivity contribution in [3.63, 3.8) is 0 Å². The number of esters is 2. The Morgan fingerprint density at radius 2 is 1.49 bits per heavy atom. The second-order valence-electron chi connectivity index (χ2n) is 37.5. The molecule has 0 spiro atoms. The van der Waals surface area contributed by atoms with Crippen LogP contribution < -0.4 is 21.3 Å². The number of hydrogen-bond acceptors (Lipinski definition) is 31. The van der Waals surface area contributed by atoms with Crippen molar-refractivity contribution in [2.24, 2.45) is 40.6 Å². The molecule has 16 atom stereocenters. The monoisotopic (exact) mass is 1860 g/mol. The SMILES string of the molecule is CO[C@H]1C[C@@H]2CC[C@@H](C)[C@@](O)(O2)C(=O)C(=O)N2CCCC[C@H]2C(=O)O[C@H]([C@H](C)C[C@@H]2CC[C@@H](OC(=O)CCc3cnc(N4CCN(C(=O)CCOCCN5CCN(c6ncc(C(=O)N7CCc8cc(Cn9nc(-c%10ccc%11oc(N)nc%11c%10)c%10c(N)ncnc%109)ccc8C7)cn6)CC5)CC4)nc3)[C@H](OC)C2)C[C@H](N=[N+]=[N-])[C@H](C)/C=C(\C)[C@@H](O)[C@@H](OC)C(=O)[C@H](C)C[C@H](C)/C=C/C=C/C=C/1C. The van der Waals surface area contributed by atoms with Gasteiger partial charge in [0.05, 0.1) is 55.4 Å². The van der Waals surface area contributed by atoms with E-state index in [4.69, 9.17) is 54.1 Å². The lowest BCUT2D eigenvalue weighted by atomic mass is 9.78. The highest BCUT2D eigenvalue weighted by atomic mass is 16.6. The average molecular weight is 1860 g/mol. The number of azide groups is 1. The summed E-state index contributed by atoms with van der Waals surface area (Å²) in [5.41, 5.74) is 31.3. The molecular weight excluding hydrogens is 1730 g/mol. The Morgan fingerprint density at radius 3 is 2.22 bits per heavy atom. The molecule has 2 aromatic carbocycles. The number of oxazole rings is 1. The Balaban J connectivity index is 0.506. The van der Waals surface area contributed by atoms with Crippen molar-refractivity contribution in [3.05, 3.63) is 153 Å². The van der Waals surface area contributed by atoms with Gasteiger partial charge in [0.1, 0.15) is 53.8 Å². The third kappa shape index (κ3) is 24.5. The molecule has 0 unspecified atom stereocenters. The van der Waals surface area contributed by atoms with Crippen LogP contribution in [0.3, 0.4) is 0 Å². The molecule has 724 valence electrons. The fourth-order valence-corrected chi connectivity index (χ4v) is 19.9. The molecule has 37 heteroatoms. The molecule has 37 nitrogen and oxygen atoms in total. The van der Waals surface area contributed by atoms with E-state index in [1.807, 2.05) is 96.5 Å². The van der Waals surface area contributed by atoms with Crippen molar-refractivity contribution in [2.75, 3.05) is 128 Å². The standard InChI is InChI=1S/C98H130N20O17/c1-59-16-12-11-13-17-60(2)79(128-8)50-73-25-19-65(7)98(127,135-73)89(123)93(125)117-31-15-14-18-76(117)94(126)133-80(51-74(109-111-101)61(3)45-64(6)87(122)88(130-10)86(121)63(5)44-59)62(4)46-66-21-26-78(81(48-66)129-9)132-83(120)28-22-68-52-102-96(103-53-68)115-39-37-113(38-40-115)82(119)30-42-131-43-41-112-33-35-114(36-34-112)97-104-54-72(55-105-97)92(124)116-32-29-69-47-67(20-23-71(69)57-116)56-118-91-84(90(99)106-58-107-91)85(110-118)70-24-27-77-75(49-70)108-95(100)134-77/h11-13,16-17,20,23-24,27,45,47,49,52-55,58-59,61-63,65-66,73-74,76,78-81,87-88,122,127H,14-15,18-19,21-22,25-26,28-44,46,48,50-51,56-57H2,1-10H3,(H2,100,108)(H2,99,106,107)/b13-11+,16-12+,60-17+,64-45+/t59-,61-,62-,63-,65-,66+,73+,74+,76+,78-,79+,80+,81-,87-,88+,98-/m1/s1. The molecular formula is C98H130N20O17. The maximum absolute atomic E-state index is 15.0. The summed E-state index contributed by atoms with van der Waals surface area (Å²) in [6.45, 7) is 20.8. The minimum Gasteiger partial charge on any atom is -0.461 e. The molecule has 6 N–H and O–H groups in total. The van der Waals surface area contributed by atoms with E-state index in [0.717, 1.165) is 46.5 Å². The zero-order valence-electron chi connectivity index (χ0n) is 79.1. The molecule has 1 aliphatic carbocycles. The van der Waals surface area contributed by atoms with Crippen molar-refractivity contribution < 1.29 is 81.4 Å². The Morgan fingerprint density at radius 1 is 0.741 bits per heavy atom. The van der Waals surface area contributed by atoms with Crippen LogP contribution in [0.5, 0.6) is 0 Å². The summed E-state index contributed by atoms with van der Waals surface area (Å²) in [5, 5.41) is 33.9. The smallest absolute Gasteiger partial charge is 0.329 e. The number of ether oxygens (including phenoxy) is 7. The van der Waals surface area contributed by atoms with Gasteiger partial charge in [-0.2, -0.15) is 10.1 Å². The highest BCUT2D eigenvalue weighted by Gasteiger charge is 2.54. The van der Waals surface area contributed by atoms with E-state index in [-0.39, 0.29) is 74.1 Å². The van der Waals surface area contributed by atoms with Crippen molar-refractivity contribution in [1.29, 1.82) is 0 Å². The molecule has 0 radical (unpaired) electrons. The topological polar surface area (TPSA) is 466 Å². The number of nitrogens with zero attached hydrogens (tertiary/aromatic N) is 18. The maximum Gasteiger partial charge on any atom is 0.329 e. The van der Waals surface area contributed by atoms with Gasteiger partial charge in [0, 0.05) is 166 Å². The van der Waals surface area contributed by atoms with Gasteiger partial charge >= 0.3 is 11.9 Å². The highest BCUT2D eigenvalue weighted by Crippen LogP contribution is 2.41. The van der Waals surface area contributed by atoms with E-state index in [1.54, 1.807) is 65.0 Å². The number of aromatic nitrogens is 9. The number of hydrogen-bond donors (Lipinski definition) is 4. The fraction of sp³-hybridized carbons (Fsp3) is 0.582. The molecule has 2 bridgehead atoms. The first-order chi connectivity index (χ1) is 65.1. The molecule has 5 fully saturated rings. The highest BCUT2D eigenvalue weighted by molar-refractivity contribution is 6.39. The van der Waals surface area contributed by atoms with E-state index in [9.17, 15) is 44.5 Å². The number of anilines is 4. The summed E-state index contributed by atoms with van der Waals surface area (Å²) >= 11 is 0. The van der Waals surface area contributed by atoms with Crippen molar-refractivity contribution in [1.82, 2.24) is 64.3 Å². The number of fused-ring (bicyclic) bond motifs is 6. The zero-order valence-corrected chi connectivity index (χ0v) is 79.1. The molecule has 7 aromatic rings. The van der Waals surface area contributed by atoms with E-state index in [2.05, 4.69) is 72.9 Å². The maximum atomic E-state index is 15.0. The summed E-state index contributed by atoms with van der Waals surface area (Å²) < 4.78 is 49.9. The Bertz CT molecular complexity index is 5490. The number of amides is 3. The summed E-state index contributed by atoms with van der Waals surface area (Å²) in [5.74, 6) is -7.16. The van der Waals surface area contributed by atoms with Gasteiger partial charge in [-0.25, -0.2) is 39.4 Å². The van der Waals surface area contributed by atoms with Crippen LogP contribution in [0.15, 0.2) is 125 Å². The van der Waals surface area contributed by atoms with Crippen LogP contribution >= 0.6 is 0 Å². The van der Waals surface area contributed by atoms with Gasteiger partial charge in [-0.1, -0.05) is 94.4 Å².